The molecular weight excluding hydrogens is 478 g/mol. The van der Waals surface area contributed by atoms with Crippen LogP contribution in [0.3, 0.4) is 0 Å². The van der Waals surface area contributed by atoms with Gasteiger partial charge in [0.05, 0.1) is 10.5 Å². The van der Waals surface area contributed by atoms with Crippen LogP contribution in [0.4, 0.5) is 5.69 Å². The molecule has 4 rings (SSSR count). The maximum Gasteiger partial charge on any atom is 0.317 e. The van der Waals surface area contributed by atoms with Crippen LogP contribution in [0.15, 0.2) is 58.2 Å². The van der Waals surface area contributed by atoms with Gasteiger partial charge < -0.3 is 5.73 Å². The van der Waals surface area contributed by atoms with Crippen molar-refractivity contribution in [3.63, 3.8) is 0 Å². The third kappa shape index (κ3) is 5.06. The Balaban J connectivity index is 1.89. The van der Waals surface area contributed by atoms with Gasteiger partial charge in [-0.1, -0.05) is 41.6 Å². The molecule has 13 heteroatoms. The molecule has 12 nitrogen and oxygen atoms in total. The van der Waals surface area contributed by atoms with Crippen molar-refractivity contribution in [3.8, 4) is 0 Å². The molecule has 0 spiro atoms. The smallest absolute Gasteiger partial charge is 0.317 e. The number of nitro benzene ring substituents is 1. The summed E-state index contributed by atoms with van der Waals surface area (Å²) in [5.74, 6) is -0.611. The van der Waals surface area contributed by atoms with Gasteiger partial charge in [0.2, 0.25) is 5.91 Å². The summed E-state index contributed by atoms with van der Waals surface area (Å²) in [5.41, 5.74) is 6.36. The molecule has 1 aliphatic rings. The van der Waals surface area contributed by atoms with Gasteiger partial charge in [-0.05, 0) is 41.1 Å². The summed E-state index contributed by atoms with van der Waals surface area (Å²) < 4.78 is 38.9. The number of fused-ring (bicyclic) bond motifs is 1. The number of benzene rings is 2. The number of rotatable bonds is 9. The third-order valence-electron chi connectivity index (χ3n) is 6.29. The quantitative estimate of drug-likeness (QED) is 0.250. The standard InChI is InChI=1S/C22H23N5O7S/c23-19(28)8-10-22(13-15-4-2-1-3-5-15,20-21(25-34-24-20)35(31,32)33)26-11-9-16-6-7-18(27(29)30)12-17(16)14-26/h1-7,12H,8-11,13-14H2,(H2,23,28)(H,31,32,33). The van der Waals surface area contributed by atoms with E-state index in [1.54, 1.807) is 6.07 Å². The van der Waals surface area contributed by atoms with Crippen LogP contribution in [0, 0.1) is 10.1 Å². The van der Waals surface area contributed by atoms with Crippen molar-refractivity contribution in [2.24, 2.45) is 5.73 Å². The molecule has 2 heterocycles. The van der Waals surface area contributed by atoms with Crippen LogP contribution in [0.2, 0.25) is 0 Å². The SMILES string of the molecule is NC(=O)CCC(Cc1ccccc1)(c1nonc1S(=O)(=O)O)N1CCc2ccc([N+](=O)[O-])cc2C1. The Hall–Kier alpha value is -3.68. The van der Waals surface area contributed by atoms with Gasteiger partial charge in [0.15, 0.2) is 0 Å². The number of nitrogens with zero attached hydrogens (tertiary/aromatic N) is 4. The highest BCUT2D eigenvalue weighted by molar-refractivity contribution is 7.85. The average molecular weight is 502 g/mol. The van der Waals surface area contributed by atoms with E-state index in [1.807, 2.05) is 35.2 Å². The zero-order chi connectivity index (χ0) is 25.2. The fraction of sp³-hybridized carbons (Fsp3) is 0.318. The van der Waals surface area contributed by atoms with Crippen LogP contribution in [-0.2, 0) is 39.8 Å². The van der Waals surface area contributed by atoms with Crippen molar-refractivity contribution in [2.45, 2.75) is 42.8 Å². The number of primary amides is 1. The Kier molecular flexibility index (Phi) is 6.65. The Morgan fingerprint density at radius 1 is 1.20 bits per heavy atom. The zero-order valence-corrected chi connectivity index (χ0v) is 19.3. The first-order valence-electron chi connectivity index (χ1n) is 10.7. The molecular formula is C22H23N5O7S. The van der Waals surface area contributed by atoms with Gasteiger partial charge >= 0.3 is 10.1 Å². The van der Waals surface area contributed by atoms with E-state index in [1.165, 1.54) is 12.1 Å². The van der Waals surface area contributed by atoms with E-state index in [9.17, 15) is 27.9 Å². The van der Waals surface area contributed by atoms with E-state index < -0.39 is 31.5 Å². The van der Waals surface area contributed by atoms with Crippen LogP contribution in [-0.4, -0.2) is 45.6 Å². The van der Waals surface area contributed by atoms with Crippen LogP contribution in [0.25, 0.3) is 0 Å². The summed E-state index contributed by atoms with van der Waals surface area (Å²) in [4.78, 5) is 24.6. The molecule has 2 aromatic carbocycles. The number of nitrogens with two attached hydrogens (primary N) is 1. The van der Waals surface area contributed by atoms with E-state index in [2.05, 4.69) is 10.3 Å². The summed E-state index contributed by atoms with van der Waals surface area (Å²) in [7, 11) is -4.82. The molecule has 3 N–H and O–H groups in total. The number of carbonyl (C=O) groups excluding carboxylic acids is 1. The third-order valence-corrected chi connectivity index (χ3v) is 7.04. The summed E-state index contributed by atoms with van der Waals surface area (Å²) in [5, 5.41) is 17.9. The van der Waals surface area contributed by atoms with Crippen molar-refractivity contribution in [1.82, 2.24) is 15.2 Å². The fourth-order valence-electron chi connectivity index (χ4n) is 4.63. The Bertz CT molecular complexity index is 1360. The molecule has 0 fully saturated rings. The maximum absolute atomic E-state index is 12.2. The maximum atomic E-state index is 12.2. The first-order valence-corrected chi connectivity index (χ1v) is 12.2. The van der Waals surface area contributed by atoms with Crippen molar-refractivity contribution in [3.05, 3.63) is 81.0 Å². The van der Waals surface area contributed by atoms with Crippen molar-refractivity contribution in [1.29, 1.82) is 0 Å². The number of hydrogen-bond acceptors (Lipinski definition) is 9. The van der Waals surface area contributed by atoms with Crippen molar-refractivity contribution < 1.29 is 27.3 Å². The second-order valence-electron chi connectivity index (χ2n) is 8.44. The minimum absolute atomic E-state index is 0.0399. The predicted molar refractivity (Wildman–Crippen MR) is 122 cm³/mol. The molecule has 0 saturated heterocycles. The lowest BCUT2D eigenvalue weighted by Crippen LogP contribution is -2.51. The summed E-state index contributed by atoms with van der Waals surface area (Å²) >= 11 is 0. The number of amides is 1. The molecule has 1 amide bonds. The Morgan fingerprint density at radius 2 is 1.94 bits per heavy atom. The average Bonchev–Trinajstić information content (AvgIpc) is 3.33. The Morgan fingerprint density at radius 3 is 2.60 bits per heavy atom. The van der Waals surface area contributed by atoms with E-state index >= 15 is 0 Å². The number of nitro groups is 1. The molecule has 1 aromatic heterocycles. The van der Waals surface area contributed by atoms with Crippen molar-refractivity contribution in [2.75, 3.05) is 6.54 Å². The second-order valence-corrected chi connectivity index (χ2v) is 9.77. The minimum atomic E-state index is -4.82. The first kappa shape index (κ1) is 24.4. The molecule has 3 aromatic rings. The summed E-state index contributed by atoms with van der Waals surface area (Å²) in [6.45, 7) is 0.606. The topological polar surface area (TPSA) is 183 Å². The highest BCUT2D eigenvalue weighted by Gasteiger charge is 2.47. The molecule has 0 radical (unpaired) electrons. The van der Waals surface area contributed by atoms with Crippen LogP contribution in [0.5, 0.6) is 0 Å². The van der Waals surface area contributed by atoms with Gasteiger partial charge in [-0.25, -0.2) is 4.63 Å². The highest BCUT2D eigenvalue weighted by atomic mass is 32.2. The number of aromatic nitrogens is 2. The van der Waals surface area contributed by atoms with E-state index in [4.69, 9.17) is 10.4 Å². The lowest BCUT2D eigenvalue weighted by molar-refractivity contribution is -0.385. The molecule has 1 aliphatic heterocycles. The lowest BCUT2D eigenvalue weighted by atomic mass is 9.80. The van der Waals surface area contributed by atoms with Crippen molar-refractivity contribution >= 4 is 21.7 Å². The first-order chi connectivity index (χ1) is 16.6. The molecule has 0 bridgehead atoms. The van der Waals surface area contributed by atoms with Crippen LogP contribution < -0.4 is 5.73 Å². The van der Waals surface area contributed by atoms with Gasteiger partial charge in [-0.3, -0.25) is 24.4 Å². The monoisotopic (exact) mass is 501 g/mol. The Labute approximate surface area is 200 Å². The predicted octanol–water partition coefficient (Wildman–Crippen LogP) is 1.99. The van der Waals surface area contributed by atoms with Gasteiger partial charge in [-0.2, -0.15) is 8.42 Å². The van der Waals surface area contributed by atoms with Gasteiger partial charge in [0, 0.05) is 31.6 Å². The molecule has 184 valence electrons. The largest absolute Gasteiger partial charge is 0.370 e. The second kappa shape index (κ2) is 9.52. The summed E-state index contributed by atoms with van der Waals surface area (Å²) in [6.07, 6.45) is 0.607. The molecule has 0 saturated carbocycles. The van der Waals surface area contributed by atoms with E-state index in [0.717, 1.165) is 11.1 Å². The van der Waals surface area contributed by atoms with Gasteiger partial charge in [0.25, 0.3) is 10.7 Å². The lowest BCUT2D eigenvalue weighted by Gasteiger charge is -2.45. The normalized spacial score (nSPS) is 15.8. The molecule has 0 aliphatic carbocycles. The zero-order valence-electron chi connectivity index (χ0n) is 18.5. The molecule has 1 atom stereocenters. The van der Waals surface area contributed by atoms with E-state index in [0.29, 0.717) is 18.5 Å². The number of non-ortho nitro benzene ring substituents is 1. The van der Waals surface area contributed by atoms with Crippen LogP contribution in [0.1, 0.15) is 35.2 Å². The fourth-order valence-corrected chi connectivity index (χ4v) is 5.23. The minimum Gasteiger partial charge on any atom is -0.370 e. The highest BCUT2D eigenvalue weighted by Crippen LogP contribution is 2.41. The van der Waals surface area contributed by atoms with E-state index in [-0.39, 0.29) is 37.2 Å². The molecule has 1 unspecified atom stereocenters. The molecule has 35 heavy (non-hydrogen) atoms. The number of hydrogen-bond donors (Lipinski definition) is 2. The summed E-state index contributed by atoms with van der Waals surface area (Å²) in [6, 6.07) is 13.7. The van der Waals surface area contributed by atoms with Gasteiger partial charge in [-0.15, -0.1) is 0 Å². The van der Waals surface area contributed by atoms with Crippen LogP contribution >= 0.6 is 0 Å². The number of carbonyl (C=O) groups is 1. The van der Waals surface area contributed by atoms with Gasteiger partial charge in [0.1, 0.15) is 5.69 Å².